The van der Waals surface area contributed by atoms with Gasteiger partial charge in [-0.15, -0.1) is 0 Å². The third-order valence-electron chi connectivity index (χ3n) is 6.76. The zero-order chi connectivity index (χ0) is 18.1. The third kappa shape index (κ3) is 2.60. The van der Waals surface area contributed by atoms with E-state index >= 15 is 0 Å². The van der Waals surface area contributed by atoms with E-state index in [4.69, 9.17) is 4.43 Å². The van der Waals surface area contributed by atoms with Crippen molar-refractivity contribution in [3.63, 3.8) is 0 Å². The molecule has 3 heteroatoms. The molecule has 2 aliphatic rings. The summed E-state index contributed by atoms with van der Waals surface area (Å²) in [5, 5.41) is 0.165. The summed E-state index contributed by atoms with van der Waals surface area (Å²) >= 11 is 0. The first-order valence-corrected chi connectivity index (χ1v) is 12.1. The predicted molar refractivity (Wildman–Crippen MR) is 102 cm³/mol. The minimum absolute atomic E-state index is 0.0576. The molecule has 0 amide bonds. The van der Waals surface area contributed by atoms with Gasteiger partial charge in [-0.1, -0.05) is 64.4 Å². The molecular formula is C21H32O2Si. The summed E-state index contributed by atoms with van der Waals surface area (Å²) in [6.45, 7) is 17.7. The van der Waals surface area contributed by atoms with Crippen LogP contribution in [0.3, 0.4) is 0 Å². The molecule has 132 valence electrons. The highest BCUT2D eigenvalue weighted by molar-refractivity contribution is 6.74. The lowest BCUT2D eigenvalue weighted by molar-refractivity contribution is -0.129. The molecule has 0 bridgehead atoms. The van der Waals surface area contributed by atoms with Gasteiger partial charge in [-0.05, 0) is 36.5 Å². The largest absolute Gasteiger partial charge is 0.413 e. The van der Waals surface area contributed by atoms with Crippen LogP contribution < -0.4 is 0 Å². The van der Waals surface area contributed by atoms with Crippen LogP contribution in [0.5, 0.6) is 0 Å². The highest BCUT2D eigenvalue weighted by Crippen LogP contribution is 2.67. The van der Waals surface area contributed by atoms with Crippen LogP contribution in [0.4, 0.5) is 0 Å². The van der Waals surface area contributed by atoms with E-state index in [2.05, 4.69) is 78.9 Å². The number of rotatable bonds is 3. The Balaban J connectivity index is 1.88. The number of hydrogen-bond donors (Lipinski definition) is 0. The maximum Gasteiger partial charge on any atom is 0.192 e. The van der Waals surface area contributed by atoms with Crippen molar-refractivity contribution < 1.29 is 9.22 Å². The highest BCUT2D eigenvalue weighted by Gasteiger charge is 2.71. The number of aryl methyl sites for hydroxylation is 1. The molecule has 0 aromatic heterocycles. The molecule has 4 atom stereocenters. The van der Waals surface area contributed by atoms with Crippen LogP contribution in [-0.4, -0.2) is 20.2 Å². The molecule has 1 aromatic rings. The van der Waals surface area contributed by atoms with E-state index in [0.29, 0.717) is 17.6 Å². The lowest BCUT2D eigenvalue weighted by atomic mass is 9.81. The standard InChI is InChI=1S/C21H32O2Si/c1-13-9-11-14(12-10-13)15-16-17(15)19(21(5,6)18(16)22)23-24(7,8)20(2,3)4/h9-12,15-17,19H,1-8H3/t15-,16-,17+,19-/m0/s1. The fraction of sp³-hybridized carbons (Fsp3) is 0.667. The van der Waals surface area contributed by atoms with Gasteiger partial charge in [-0.3, -0.25) is 4.79 Å². The van der Waals surface area contributed by atoms with E-state index < -0.39 is 8.32 Å². The van der Waals surface area contributed by atoms with Gasteiger partial charge in [-0.25, -0.2) is 0 Å². The first-order valence-electron chi connectivity index (χ1n) is 9.16. The normalized spacial score (nSPS) is 31.9. The molecule has 3 rings (SSSR count). The molecule has 0 aliphatic heterocycles. The molecule has 2 saturated carbocycles. The number of benzene rings is 1. The average molecular weight is 345 g/mol. The smallest absolute Gasteiger partial charge is 0.192 e. The van der Waals surface area contributed by atoms with Gasteiger partial charge < -0.3 is 4.43 Å². The fourth-order valence-electron chi connectivity index (χ4n) is 4.04. The summed E-state index contributed by atoms with van der Waals surface area (Å²) < 4.78 is 6.80. The minimum Gasteiger partial charge on any atom is -0.413 e. The van der Waals surface area contributed by atoms with Crippen LogP contribution >= 0.6 is 0 Å². The first-order chi connectivity index (χ1) is 10.9. The van der Waals surface area contributed by atoms with Gasteiger partial charge in [0.25, 0.3) is 0 Å². The summed E-state index contributed by atoms with van der Waals surface area (Å²) in [5.74, 6) is 1.30. The number of fused-ring (bicyclic) bond motifs is 1. The highest BCUT2D eigenvalue weighted by atomic mass is 28.4. The first kappa shape index (κ1) is 17.9. The van der Waals surface area contributed by atoms with Crippen LogP contribution in [0, 0.1) is 24.2 Å². The Kier molecular flexibility index (Phi) is 3.93. The molecule has 0 spiro atoms. The molecule has 0 heterocycles. The van der Waals surface area contributed by atoms with Gasteiger partial charge in [-0.2, -0.15) is 0 Å². The molecule has 0 saturated heterocycles. The van der Waals surface area contributed by atoms with Crippen molar-refractivity contribution >= 4 is 14.1 Å². The molecule has 2 aliphatic carbocycles. The quantitative estimate of drug-likeness (QED) is 0.693. The van der Waals surface area contributed by atoms with E-state index in [1.165, 1.54) is 11.1 Å². The average Bonchev–Trinajstić information content (AvgIpc) is 3.13. The van der Waals surface area contributed by atoms with E-state index in [-0.39, 0.29) is 22.5 Å². The van der Waals surface area contributed by atoms with Gasteiger partial charge in [0.15, 0.2) is 8.32 Å². The summed E-state index contributed by atoms with van der Waals surface area (Å²) in [6, 6.07) is 8.70. The fourth-order valence-corrected chi connectivity index (χ4v) is 5.48. The zero-order valence-corrected chi connectivity index (χ0v) is 17.4. The number of Topliss-reactive ketones (excluding diaryl/α,β-unsaturated/α-hetero) is 1. The SMILES string of the molecule is Cc1ccc([C@H]2[C@@H]3C(=O)C(C)(C)[C@@H](O[Si](C)(C)C(C)(C)C)[C@@H]32)cc1. The van der Waals surface area contributed by atoms with Crippen molar-refractivity contribution in [3.8, 4) is 0 Å². The molecular weight excluding hydrogens is 312 g/mol. The Labute approximate surface area is 148 Å². The molecule has 2 nitrogen and oxygen atoms in total. The van der Waals surface area contributed by atoms with Gasteiger partial charge in [0, 0.05) is 17.3 Å². The summed E-state index contributed by atoms with van der Waals surface area (Å²) in [4.78, 5) is 13.0. The molecule has 2 fully saturated rings. The molecule has 0 unspecified atom stereocenters. The summed E-state index contributed by atoms with van der Waals surface area (Å²) in [5.41, 5.74) is 2.22. The van der Waals surface area contributed by atoms with Crippen molar-refractivity contribution in [1.29, 1.82) is 0 Å². The number of carbonyl (C=O) groups is 1. The lowest BCUT2D eigenvalue weighted by Gasteiger charge is -2.42. The van der Waals surface area contributed by atoms with Crippen molar-refractivity contribution in [2.45, 2.75) is 71.7 Å². The second kappa shape index (κ2) is 5.28. The summed E-state index contributed by atoms with van der Waals surface area (Å²) in [6.07, 6.45) is 0.0576. The Bertz CT molecular complexity index is 651. The third-order valence-corrected chi connectivity index (χ3v) is 11.2. The van der Waals surface area contributed by atoms with Crippen LogP contribution in [0.2, 0.25) is 18.1 Å². The minimum atomic E-state index is -1.90. The lowest BCUT2D eigenvalue weighted by Crippen LogP contribution is -2.49. The molecule has 1 aromatic carbocycles. The monoisotopic (exact) mass is 344 g/mol. The molecule has 0 N–H and O–H groups in total. The number of hydrogen-bond acceptors (Lipinski definition) is 2. The van der Waals surface area contributed by atoms with Gasteiger partial charge in [0.2, 0.25) is 0 Å². The Hall–Kier alpha value is -0.933. The molecule has 24 heavy (non-hydrogen) atoms. The Morgan fingerprint density at radius 1 is 1.04 bits per heavy atom. The number of carbonyl (C=O) groups excluding carboxylic acids is 1. The maximum atomic E-state index is 13.0. The molecule has 0 radical (unpaired) electrons. The van der Waals surface area contributed by atoms with E-state index in [9.17, 15) is 4.79 Å². The second-order valence-corrected chi connectivity index (χ2v) is 14.7. The Morgan fingerprint density at radius 3 is 2.08 bits per heavy atom. The number of ketones is 1. The topological polar surface area (TPSA) is 26.3 Å². The maximum absolute atomic E-state index is 13.0. The van der Waals surface area contributed by atoms with Crippen molar-refractivity contribution in [1.82, 2.24) is 0 Å². The van der Waals surface area contributed by atoms with Gasteiger partial charge in [0.05, 0.1) is 6.10 Å². The van der Waals surface area contributed by atoms with Crippen molar-refractivity contribution in [2.75, 3.05) is 0 Å². The van der Waals surface area contributed by atoms with E-state index in [1.807, 2.05) is 0 Å². The van der Waals surface area contributed by atoms with Crippen LogP contribution in [-0.2, 0) is 9.22 Å². The summed E-state index contributed by atoms with van der Waals surface area (Å²) in [7, 11) is -1.90. The van der Waals surface area contributed by atoms with Gasteiger partial charge in [0.1, 0.15) is 5.78 Å². The van der Waals surface area contributed by atoms with Crippen molar-refractivity contribution in [3.05, 3.63) is 35.4 Å². The zero-order valence-electron chi connectivity index (χ0n) is 16.4. The van der Waals surface area contributed by atoms with Gasteiger partial charge >= 0.3 is 0 Å². The predicted octanol–water partition coefficient (Wildman–Crippen LogP) is 5.32. The van der Waals surface area contributed by atoms with E-state index in [0.717, 1.165) is 0 Å². The second-order valence-electron chi connectivity index (χ2n) is 9.92. The Morgan fingerprint density at radius 2 is 1.58 bits per heavy atom. The van der Waals surface area contributed by atoms with Crippen LogP contribution in [0.25, 0.3) is 0 Å². The van der Waals surface area contributed by atoms with Crippen LogP contribution in [0.15, 0.2) is 24.3 Å². The van der Waals surface area contributed by atoms with E-state index in [1.54, 1.807) is 0 Å². The van der Waals surface area contributed by atoms with Crippen LogP contribution in [0.1, 0.15) is 51.7 Å². The van der Waals surface area contributed by atoms with Crippen molar-refractivity contribution in [2.24, 2.45) is 17.3 Å².